The number of ether oxygens (including phenoxy) is 1. The predicted molar refractivity (Wildman–Crippen MR) is 129 cm³/mol. The second-order valence-electron chi connectivity index (χ2n) is 8.46. The second kappa shape index (κ2) is 11.1. The largest absolute Gasteiger partial charge is 0.492 e. The quantitative estimate of drug-likeness (QED) is 0.743. The smallest absolute Gasteiger partial charge is 0.317 e. The second-order valence-corrected chi connectivity index (χ2v) is 8.46. The summed E-state index contributed by atoms with van der Waals surface area (Å²) in [5, 5.41) is 3.05. The van der Waals surface area contributed by atoms with Gasteiger partial charge in [-0.1, -0.05) is 31.0 Å². The fourth-order valence-electron chi connectivity index (χ4n) is 4.44. The zero-order valence-corrected chi connectivity index (χ0v) is 19.1. The molecule has 4 rings (SSSR count). The van der Waals surface area contributed by atoms with E-state index in [1.807, 2.05) is 36.2 Å². The molecular formula is C25H35N5O2. The number of hydrogen-bond acceptors (Lipinski definition) is 5. The van der Waals surface area contributed by atoms with Gasteiger partial charge in [-0.3, -0.25) is 0 Å². The number of rotatable bonds is 6. The first kappa shape index (κ1) is 22.2. The number of amides is 2. The van der Waals surface area contributed by atoms with Crippen molar-refractivity contribution in [2.24, 2.45) is 0 Å². The molecule has 2 fully saturated rings. The van der Waals surface area contributed by atoms with Crippen LogP contribution in [0.15, 0.2) is 42.6 Å². The third-order valence-electron chi connectivity index (χ3n) is 6.26. The molecule has 2 aromatic rings. The van der Waals surface area contributed by atoms with Crippen LogP contribution in [0.4, 0.5) is 16.3 Å². The van der Waals surface area contributed by atoms with E-state index in [4.69, 9.17) is 4.74 Å². The van der Waals surface area contributed by atoms with Gasteiger partial charge in [0.1, 0.15) is 11.6 Å². The van der Waals surface area contributed by atoms with Crippen molar-refractivity contribution in [2.45, 2.75) is 39.2 Å². The third kappa shape index (κ3) is 5.64. The number of benzene rings is 1. The lowest BCUT2D eigenvalue weighted by Crippen LogP contribution is -2.51. The van der Waals surface area contributed by atoms with E-state index in [1.54, 1.807) is 0 Å². The highest BCUT2D eigenvalue weighted by Gasteiger charge is 2.22. The molecule has 0 atom stereocenters. The molecular weight excluding hydrogens is 402 g/mol. The minimum absolute atomic E-state index is 0.0145. The Hall–Kier alpha value is -2.96. The number of carbonyl (C=O) groups is 1. The summed E-state index contributed by atoms with van der Waals surface area (Å²) >= 11 is 0. The van der Waals surface area contributed by atoms with Crippen molar-refractivity contribution in [1.82, 2.24) is 15.2 Å². The highest BCUT2D eigenvalue weighted by molar-refractivity contribution is 5.74. The van der Waals surface area contributed by atoms with Crippen LogP contribution in [0.3, 0.4) is 0 Å². The zero-order chi connectivity index (χ0) is 22.2. The van der Waals surface area contributed by atoms with Gasteiger partial charge in [-0.2, -0.15) is 0 Å². The highest BCUT2D eigenvalue weighted by atomic mass is 16.5. The minimum Gasteiger partial charge on any atom is -0.492 e. The normalized spacial score (nSPS) is 17.1. The Morgan fingerprint density at radius 2 is 1.69 bits per heavy atom. The topological polar surface area (TPSA) is 60.9 Å². The molecule has 1 aromatic heterocycles. The van der Waals surface area contributed by atoms with E-state index in [0.717, 1.165) is 49.0 Å². The molecule has 1 aromatic carbocycles. The first-order valence-corrected chi connectivity index (χ1v) is 11.9. The highest BCUT2D eigenvalue weighted by Crippen LogP contribution is 2.28. The van der Waals surface area contributed by atoms with Crippen molar-refractivity contribution in [1.29, 1.82) is 0 Å². The van der Waals surface area contributed by atoms with E-state index in [9.17, 15) is 4.79 Å². The maximum atomic E-state index is 12.7. The monoisotopic (exact) mass is 437 g/mol. The molecule has 172 valence electrons. The van der Waals surface area contributed by atoms with Gasteiger partial charge in [-0.05, 0) is 43.5 Å². The Balaban J connectivity index is 1.25. The van der Waals surface area contributed by atoms with Crippen LogP contribution in [0.5, 0.6) is 5.75 Å². The van der Waals surface area contributed by atoms with E-state index in [0.29, 0.717) is 26.2 Å². The molecule has 0 unspecified atom stereocenters. The Morgan fingerprint density at radius 1 is 0.938 bits per heavy atom. The van der Waals surface area contributed by atoms with E-state index in [1.165, 1.54) is 25.7 Å². The molecule has 3 heterocycles. The number of para-hydroxylation sites is 2. The standard InChI is InChI=1S/C25H35N5O2/c1-2-32-23-10-6-5-9-22(23)28-15-17-30(18-16-28)25(31)27-20-21-11-12-24(26-19-21)29-13-7-3-4-8-14-29/h5-6,9-12,19H,2-4,7-8,13-18,20H2,1H3,(H,27,31). The predicted octanol–water partition coefficient (Wildman–Crippen LogP) is 3.89. The van der Waals surface area contributed by atoms with Gasteiger partial charge in [-0.25, -0.2) is 9.78 Å². The maximum Gasteiger partial charge on any atom is 0.317 e. The van der Waals surface area contributed by atoms with Crippen LogP contribution in [-0.4, -0.2) is 61.8 Å². The van der Waals surface area contributed by atoms with Gasteiger partial charge >= 0.3 is 6.03 Å². The molecule has 0 aliphatic carbocycles. The number of urea groups is 1. The van der Waals surface area contributed by atoms with Gasteiger partial charge in [0.2, 0.25) is 0 Å². The number of nitrogens with one attached hydrogen (secondary N) is 1. The average Bonchev–Trinajstić information content (AvgIpc) is 3.13. The zero-order valence-electron chi connectivity index (χ0n) is 19.1. The van der Waals surface area contributed by atoms with Gasteiger partial charge in [0, 0.05) is 52.0 Å². The lowest BCUT2D eigenvalue weighted by molar-refractivity contribution is 0.194. The lowest BCUT2D eigenvalue weighted by atomic mass is 10.2. The van der Waals surface area contributed by atoms with E-state index >= 15 is 0 Å². The molecule has 7 heteroatoms. The number of carbonyl (C=O) groups excluding carboxylic acids is 1. The van der Waals surface area contributed by atoms with E-state index < -0.39 is 0 Å². The number of aromatic nitrogens is 1. The average molecular weight is 438 g/mol. The fraction of sp³-hybridized carbons (Fsp3) is 0.520. The number of anilines is 2. The summed E-state index contributed by atoms with van der Waals surface area (Å²) < 4.78 is 5.76. The molecule has 0 radical (unpaired) electrons. The van der Waals surface area contributed by atoms with E-state index in [-0.39, 0.29) is 6.03 Å². The summed E-state index contributed by atoms with van der Waals surface area (Å²) in [6, 6.07) is 12.3. The fourth-order valence-corrected chi connectivity index (χ4v) is 4.44. The van der Waals surface area contributed by atoms with Crippen LogP contribution in [0.1, 0.15) is 38.2 Å². The van der Waals surface area contributed by atoms with Gasteiger partial charge in [-0.15, -0.1) is 0 Å². The molecule has 32 heavy (non-hydrogen) atoms. The van der Waals surface area contributed by atoms with Crippen LogP contribution >= 0.6 is 0 Å². The number of hydrogen-bond donors (Lipinski definition) is 1. The molecule has 2 aliphatic heterocycles. The summed E-state index contributed by atoms with van der Waals surface area (Å²) in [7, 11) is 0. The van der Waals surface area contributed by atoms with Gasteiger partial charge in [0.05, 0.1) is 12.3 Å². The van der Waals surface area contributed by atoms with Crippen molar-refractivity contribution in [3.8, 4) is 5.75 Å². The summed E-state index contributed by atoms with van der Waals surface area (Å²) in [5.41, 5.74) is 2.13. The summed E-state index contributed by atoms with van der Waals surface area (Å²) in [5.74, 6) is 1.95. The van der Waals surface area contributed by atoms with Crippen LogP contribution in [-0.2, 0) is 6.54 Å². The van der Waals surface area contributed by atoms with Crippen LogP contribution in [0.2, 0.25) is 0 Å². The van der Waals surface area contributed by atoms with Crippen LogP contribution in [0.25, 0.3) is 0 Å². The molecule has 0 spiro atoms. The SMILES string of the molecule is CCOc1ccccc1N1CCN(C(=O)NCc2ccc(N3CCCCCC3)nc2)CC1. The Morgan fingerprint density at radius 3 is 2.38 bits per heavy atom. The number of piperazine rings is 1. The van der Waals surface area contributed by atoms with Crippen molar-refractivity contribution < 1.29 is 9.53 Å². The first-order valence-electron chi connectivity index (χ1n) is 11.9. The maximum absolute atomic E-state index is 12.7. The minimum atomic E-state index is -0.0145. The molecule has 7 nitrogen and oxygen atoms in total. The number of nitrogens with zero attached hydrogens (tertiary/aromatic N) is 4. The molecule has 0 saturated carbocycles. The lowest BCUT2D eigenvalue weighted by Gasteiger charge is -2.36. The molecule has 1 N–H and O–H groups in total. The molecule has 2 aliphatic rings. The van der Waals surface area contributed by atoms with Crippen LogP contribution < -0.4 is 19.9 Å². The summed E-state index contributed by atoms with van der Waals surface area (Å²) in [6.07, 6.45) is 7.00. The first-order chi connectivity index (χ1) is 15.7. The van der Waals surface area contributed by atoms with Gasteiger partial charge < -0.3 is 24.8 Å². The van der Waals surface area contributed by atoms with Crippen molar-refractivity contribution in [3.63, 3.8) is 0 Å². The Labute approximate surface area is 191 Å². The molecule has 0 bridgehead atoms. The summed E-state index contributed by atoms with van der Waals surface area (Å²) in [6.45, 7) is 8.29. The van der Waals surface area contributed by atoms with Crippen molar-refractivity contribution in [3.05, 3.63) is 48.2 Å². The van der Waals surface area contributed by atoms with Crippen LogP contribution in [0, 0.1) is 0 Å². The third-order valence-corrected chi connectivity index (χ3v) is 6.26. The molecule has 2 amide bonds. The Bertz CT molecular complexity index is 857. The van der Waals surface area contributed by atoms with Crippen molar-refractivity contribution in [2.75, 3.05) is 55.7 Å². The van der Waals surface area contributed by atoms with E-state index in [2.05, 4.69) is 38.3 Å². The summed E-state index contributed by atoms with van der Waals surface area (Å²) in [4.78, 5) is 23.9. The van der Waals surface area contributed by atoms with Gasteiger partial charge in [0.25, 0.3) is 0 Å². The number of pyridine rings is 1. The molecule has 2 saturated heterocycles. The van der Waals surface area contributed by atoms with Gasteiger partial charge in [0.15, 0.2) is 0 Å². The Kier molecular flexibility index (Phi) is 7.69. The van der Waals surface area contributed by atoms with Crippen molar-refractivity contribution >= 4 is 17.5 Å².